The lowest BCUT2D eigenvalue weighted by atomic mass is 10.0. The number of aliphatic hydroxyl groups excluding tert-OH is 2. The van der Waals surface area contributed by atoms with E-state index in [1.54, 1.807) is 0 Å². The first kappa shape index (κ1) is 31.2. The summed E-state index contributed by atoms with van der Waals surface area (Å²) in [6.07, 6.45) is 21.5. The van der Waals surface area contributed by atoms with Gasteiger partial charge in [0.05, 0.1) is 13.2 Å². The molecule has 2 aromatic rings. The molecule has 0 amide bonds. The van der Waals surface area contributed by atoms with Crippen molar-refractivity contribution in [1.82, 2.24) is 0 Å². The van der Waals surface area contributed by atoms with E-state index in [0.717, 1.165) is 11.5 Å². The molecule has 0 saturated heterocycles. The predicted octanol–water partition coefficient (Wildman–Crippen LogP) is 9.04. The smallest absolute Gasteiger partial charge is 0.127 e. The number of ether oxygens (including phenoxy) is 1. The molecule has 2 rings (SSSR count). The molecule has 0 bridgehead atoms. The number of aryl methyl sites for hydroxylation is 2. The van der Waals surface area contributed by atoms with Crippen molar-refractivity contribution in [2.75, 3.05) is 13.2 Å². The molecule has 2 aromatic carbocycles. The average Bonchev–Trinajstić information content (AvgIpc) is 2.89. The molecule has 0 atom stereocenters. The number of unbranched alkanes of at least 4 members (excludes halogenated alkanes) is 12. The summed E-state index contributed by atoms with van der Waals surface area (Å²) >= 11 is 0. The SMILES string of the molecule is CCCCCCCCCc1ccc(Oc2ccc(CCCCCCCCC)cc2)cc1.OCCO. The van der Waals surface area contributed by atoms with Crippen LogP contribution >= 0.6 is 0 Å². The van der Waals surface area contributed by atoms with E-state index in [4.69, 9.17) is 14.9 Å². The van der Waals surface area contributed by atoms with Crippen LogP contribution in [0.3, 0.4) is 0 Å². The quantitative estimate of drug-likeness (QED) is 0.196. The van der Waals surface area contributed by atoms with Crippen LogP contribution < -0.4 is 4.74 Å². The summed E-state index contributed by atoms with van der Waals surface area (Å²) in [5.74, 6) is 1.87. The molecule has 0 spiro atoms. The van der Waals surface area contributed by atoms with Crippen molar-refractivity contribution in [3.8, 4) is 11.5 Å². The lowest BCUT2D eigenvalue weighted by molar-refractivity contribution is 0.186. The van der Waals surface area contributed by atoms with Crippen LogP contribution in [0.25, 0.3) is 0 Å². The Morgan fingerprint density at radius 2 is 0.771 bits per heavy atom. The Hall–Kier alpha value is -1.84. The molecule has 198 valence electrons. The van der Waals surface area contributed by atoms with Crippen molar-refractivity contribution < 1.29 is 14.9 Å². The summed E-state index contributed by atoms with van der Waals surface area (Å²) in [5, 5.41) is 15.2. The van der Waals surface area contributed by atoms with Gasteiger partial charge in [-0.1, -0.05) is 115 Å². The van der Waals surface area contributed by atoms with Crippen LogP contribution in [0.1, 0.15) is 115 Å². The molecule has 0 aliphatic carbocycles. The number of rotatable bonds is 19. The van der Waals surface area contributed by atoms with Gasteiger partial charge in [-0.2, -0.15) is 0 Å². The van der Waals surface area contributed by atoms with E-state index in [2.05, 4.69) is 62.4 Å². The highest BCUT2D eigenvalue weighted by atomic mass is 16.5. The first-order valence-corrected chi connectivity index (χ1v) is 14.3. The zero-order valence-corrected chi connectivity index (χ0v) is 22.6. The largest absolute Gasteiger partial charge is 0.457 e. The Morgan fingerprint density at radius 1 is 0.457 bits per heavy atom. The standard InChI is InChI=1S/C30H46O.C2H6O2/c1-3-5-7-9-11-13-15-17-27-19-23-29(24-20-27)31-30-25-21-28(22-26-30)18-16-14-12-10-8-6-4-2;3-1-2-4/h19-26H,3-18H2,1-2H3;3-4H,1-2H2. The van der Waals surface area contributed by atoms with Crippen molar-refractivity contribution >= 4 is 0 Å². The molecule has 3 heteroatoms. The van der Waals surface area contributed by atoms with Crippen LogP contribution in [0.5, 0.6) is 11.5 Å². The highest BCUT2D eigenvalue weighted by Crippen LogP contribution is 2.23. The second kappa shape index (κ2) is 22.6. The summed E-state index contributed by atoms with van der Waals surface area (Å²) in [6.45, 7) is 4.31. The van der Waals surface area contributed by atoms with Gasteiger partial charge in [0, 0.05) is 0 Å². The van der Waals surface area contributed by atoms with E-state index in [-0.39, 0.29) is 13.2 Å². The second-order valence-electron chi connectivity index (χ2n) is 9.58. The molecule has 0 radical (unpaired) electrons. The van der Waals surface area contributed by atoms with Gasteiger partial charge in [-0.25, -0.2) is 0 Å². The molecule has 0 aliphatic rings. The predicted molar refractivity (Wildman–Crippen MR) is 151 cm³/mol. The Labute approximate surface area is 215 Å². The van der Waals surface area contributed by atoms with Gasteiger partial charge >= 0.3 is 0 Å². The van der Waals surface area contributed by atoms with Crippen molar-refractivity contribution in [3.05, 3.63) is 59.7 Å². The van der Waals surface area contributed by atoms with E-state index in [0.29, 0.717) is 0 Å². The summed E-state index contributed by atoms with van der Waals surface area (Å²) in [6, 6.07) is 17.4. The van der Waals surface area contributed by atoms with Crippen molar-refractivity contribution in [1.29, 1.82) is 0 Å². The molecule has 35 heavy (non-hydrogen) atoms. The van der Waals surface area contributed by atoms with Crippen molar-refractivity contribution in [3.63, 3.8) is 0 Å². The molecular weight excluding hydrogens is 432 g/mol. The molecule has 0 saturated carbocycles. The van der Waals surface area contributed by atoms with Gasteiger partial charge in [-0.05, 0) is 61.1 Å². The molecule has 0 heterocycles. The Kier molecular flexibility index (Phi) is 20.2. The van der Waals surface area contributed by atoms with Gasteiger partial charge < -0.3 is 14.9 Å². The molecule has 0 aromatic heterocycles. The summed E-state index contributed by atoms with van der Waals surface area (Å²) in [5.41, 5.74) is 2.84. The summed E-state index contributed by atoms with van der Waals surface area (Å²) in [7, 11) is 0. The third kappa shape index (κ3) is 17.3. The summed E-state index contributed by atoms with van der Waals surface area (Å²) in [4.78, 5) is 0. The monoisotopic (exact) mass is 484 g/mol. The molecule has 3 nitrogen and oxygen atoms in total. The van der Waals surface area contributed by atoms with Crippen molar-refractivity contribution in [2.24, 2.45) is 0 Å². The van der Waals surface area contributed by atoms with Crippen LogP contribution in [0.2, 0.25) is 0 Å². The Bertz CT molecular complexity index is 632. The minimum Gasteiger partial charge on any atom is -0.457 e. The Balaban J connectivity index is 0.00000142. The fourth-order valence-electron chi connectivity index (χ4n) is 4.16. The number of aliphatic hydroxyl groups is 2. The number of benzene rings is 2. The van der Waals surface area contributed by atoms with E-state index in [1.165, 1.54) is 114 Å². The van der Waals surface area contributed by atoms with Crippen LogP contribution in [-0.2, 0) is 12.8 Å². The van der Waals surface area contributed by atoms with Gasteiger partial charge in [-0.15, -0.1) is 0 Å². The third-order valence-electron chi connectivity index (χ3n) is 6.32. The number of hydrogen-bond donors (Lipinski definition) is 2. The van der Waals surface area contributed by atoms with Crippen molar-refractivity contribution in [2.45, 2.75) is 117 Å². The zero-order valence-electron chi connectivity index (χ0n) is 22.6. The van der Waals surface area contributed by atoms with Crippen LogP contribution in [-0.4, -0.2) is 23.4 Å². The zero-order chi connectivity index (χ0) is 25.4. The lowest BCUT2D eigenvalue weighted by Crippen LogP contribution is -1.90. The summed E-state index contributed by atoms with van der Waals surface area (Å²) < 4.78 is 6.05. The van der Waals surface area contributed by atoms with E-state index < -0.39 is 0 Å². The van der Waals surface area contributed by atoms with Gasteiger partial charge in [-0.3, -0.25) is 0 Å². The molecular formula is C32H52O3. The maximum Gasteiger partial charge on any atom is 0.127 e. The fourth-order valence-corrected chi connectivity index (χ4v) is 4.16. The average molecular weight is 485 g/mol. The van der Waals surface area contributed by atoms with Crippen LogP contribution in [0.15, 0.2) is 48.5 Å². The Morgan fingerprint density at radius 3 is 1.09 bits per heavy atom. The van der Waals surface area contributed by atoms with Gasteiger partial charge in [0.15, 0.2) is 0 Å². The van der Waals surface area contributed by atoms with Gasteiger partial charge in [0.1, 0.15) is 11.5 Å². The highest BCUT2D eigenvalue weighted by molar-refractivity contribution is 5.34. The lowest BCUT2D eigenvalue weighted by Gasteiger charge is -2.08. The van der Waals surface area contributed by atoms with Gasteiger partial charge in [0.25, 0.3) is 0 Å². The van der Waals surface area contributed by atoms with E-state index in [9.17, 15) is 0 Å². The van der Waals surface area contributed by atoms with Gasteiger partial charge in [0.2, 0.25) is 0 Å². The number of hydrogen-bond acceptors (Lipinski definition) is 3. The first-order chi connectivity index (χ1) is 17.2. The first-order valence-electron chi connectivity index (χ1n) is 14.3. The minimum absolute atomic E-state index is 0.125. The van der Waals surface area contributed by atoms with Crippen LogP contribution in [0, 0.1) is 0 Å². The topological polar surface area (TPSA) is 49.7 Å². The van der Waals surface area contributed by atoms with E-state index >= 15 is 0 Å². The van der Waals surface area contributed by atoms with Crippen LogP contribution in [0.4, 0.5) is 0 Å². The van der Waals surface area contributed by atoms with E-state index in [1.807, 2.05) is 0 Å². The molecule has 0 aliphatic heterocycles. The normalized spacial score (nSPS) is 10.6. The maximum atomic E-state index is 7.62. The molecule has 0 fully saturated rings. The molecule has 0 unspecified atom stereocenters. The second-order valence-corrected chi connectivity index (χ2v) is 9.58. The fraction of sp³-hybridized carbons (Fsp3) is 0.625. The third-order valence-corrected chi connectivity index (χ3v) is 6.32. The minimum atomic E-state index is -0.125. The highest BCUT2D eigenvalue weighted by Gasteiger charge is 2.01. The maximum absolute atomic E-state index is 7.62. The molecule has 2 N–H and O–H groups in total.